The van der Waals surface area contributed by atoms with Gasteiger partial charge in [0, 0.05) is 33.4 Å². The van der Waals surface area contributed by atoms with Crippen molar-refractivity contribution in [2.45, 2.75) is 52.9 Å². The SMILES string of the molecule is CCNC(=NCCCCC(C)C)NCCCCOCCOC.I. The Labute approximate surface area is 160 Å². The van der Waals surface area contributed by atoms with Crippen LogP contribution in [0.15, 0.2) is 4.99 Å². The summed E-state index contributed by atoms with van der Waals surface area (Å²) >= 11 is 0. The first-order valence-electron chi connectivity index (χ1n) is 8.79. The van der Waals surface area contributed by atoms with Gasteiger partial charge in [0.25, 0.3) is 0 Å². The van der Waals surface area contributed by atoms with Crippen LogP contribution in [0.25, 0.3) is 0 Å². The molecule has 5 nitrogen and oxygen atoms in total. The lowest BCUT2D eigenvalue weighted by Crippen LogP contribution is -2.37. The zero-order valence-corrected chi connectivity index (χ0v) is 17.9. The highest BCUT2D eigenvalue weighted by atomic mass is 127. The molecule has 0 unspecified atom stereocenters. The summed E-state index contributed by atoms with van der Waals surface area (Å²) in [5, 5.41) is 6.67. The molecule has 0 spiro atoms. The maximum absolute atomic E-state index is 5.44. The topological polar surface area (TPSA) is 54.9 Å². The monoisotopic (exact) mass is 443 g/mol. The fourth-order valence-electron chi connectivity index (χ4n) is 1.98. The fraction of sp³-hybridized carbons (Fsp3) is 0.941. The minimum atomic E-state index is 0. The van der Waals surface area contributed by atoms with E-state index in [1.54, 1.807) is 7.11 Å². The molecular formula is C17H38IN3O2. The van der Waals surface area contributed by atoms with Crippen molar-refractivity contribution in [2.75, 3.05) is 46.6 Å². The molecule has 0 atom stereocenters. The van der Waals surface area contributed by atoms with E-state index in [0.717, 1.165) is 51.0 Å². The summed E-state index contributed by atoms with van der Waals surface area (Å²) in [6.07, 6.45) is 5.87. The van der Waals surface area contributed by atoms with Crippen molar-refractivity contribution in [3.05, 3.63) is 0 Å². The van der Waals surface area contributed by atoms with Gasteiger partial charge < -0.3 is 20.1 Å². The molecule has 0 aromatic carbocycles. The quantitative estimate of drug-likeness (QED) is 0.187. The average molecular weight is 443 g/mol. The van der Waals surface area contributed by atoms with Crippen molar-refractivity contribution in [3.63, 3.8) is 0 Å². The predicted molar refractivity (Wildman–Crippen MR) is 110 cm³/mol. The lowest BCUT2D eigenvalue weighted by atomic mass is 10.1. The summed E-state index contributed by atoms with van der Waals surface area (Å²) in [6, 6.07) is 0. The zero-order valence-electron chi connectivity index (χ0n) is 15.5. The van der Waals surface area contributed by atoms with Crippen molar-refractivity contribution in [1.29, 1.82) is 0 Å². The summed E-state index contributed by atoms with van der Waals surface area (Å²) in [6.45, 7) is 11.5. The van der Waals surface area contributed by atoms with Crippen LogP contribution in [0.3, 0.4) is 0 Å². The second-order valence-corrected chi connectivity index (χ2v) is 5.89. The maximum atomic E-state index is 5.44. The summed E-state index contributed by atoms with van der Waals surface area (Å²) in [4.78, 5) is 4.62. The van der Waals surface area contributed by atoms with Crippen LogP contribution < -0.4 is 10.6 Å². The summed E-state index contributed by atoms with van der Waals surface area (Å²) in [5.41, 5.74) is 0. The maximum Gasteiger partial charge on any atom is 0.191 e. The van der Waals surface area contributed by atoms with Gasteiger partial charge in [0.1, 0.15) is 0 Å². The summed E-state index contributed by atoms with van der Waals surface area (Å²) in [7, 11) is 1.69. The number of guanidine groups is 1. The number of ether oxygens (including phenoxy) is 2. The number of hydrogen-bond acceptors (Lipinski definition) is 3. The molecule has 0 aliphatic rings. The van der Waals surface area contributed by atoms with Gasteiger partial charge in [-0.2, -0.15) is 0 Å². The van der Waals surface area contributed by atoms with Crippen molar-refractivity contribution in [1.82, 2.24) is 10.6 Å². The van der Waals surface area contributed by atoms with Gasteiger partial charge in [-0.15, -0.1) is 24.0 Å². The van der Waals surface area contributed by atoms with E-state index in [0.29, 0.717) is 13.2 Å². The molecule has 0 aromatic heterocycles. The molecule has 0 bridgehead atoms. The van der Waals surface area contributed by atoms with Crippen LogP contribution >= 0.6 is 24.0 Å². The Hall–Kier alpha value is -0.0800. The standard InChI is InChI=1S/C17H37N3O2.HI/c1-5-18-17(19-11-7-6-10-16(2)3)20-12-8-9-13-22-15-14-21-4;/h16H,5-15H2,1-4H3,(H2,18,19,20);1H. The molecule has 0 rings (SSSR count). The number of nitrogens with zero attached hydrogens (tertiary/aromatic N) is 1. The number of aliphatic imine (C=N–C) groups is 1. The van der Waals surface area contributed by atoms with Gasteiger partial charge in [0.05, 0.1) is 13.2 Å². The van der Waals surface area contributed by atoms with Gasteiger partial charge in [0.15, 0.2) is 5.96 Å². The third kappa shape index (κ3) is 19.9. The molecule has 0 aliphatic heterocycles. The van der Waals surface area contributed by atoms with Crippen LogP contribution in [0.2, 0.25) is 0 Å². The fourth-order valence-corrected chi connectivity index (χ4v) is 1.98. The smallest absolute Gasteiger partial charge is 0.191 e. The van der Waals surface area contributed by atoms with Crippen LogP contribution in [-0.4, -0.2) is 52.5 Å². The molecule has 0 radical (unpaired) electrons. The second-order valence-electron chi connectivity index (χ2n) is 5.89. The highest BCUT2D eigenvalue weighted by Crippen LogP contribution is 2.05. The lowest BCUT2D eigenvalue weighted by molar-refractivity contribution is 0.0689. The molecule has 6 heteroatoms. The number of unbranched alkanes of at least 4 members (excludes halogenated alkanes) is 2. The number of halogens is 1. The number of rotatable bonds is 14. The molecule has 0 saturated heterocycles. The Bertz CT molecular complexity index is 264. The minimum Gasteiger partial charge on any atom is -0.382 e. The number of nitrogens with one attached hydrogen (secondary N) is 2. The van der Waals surface area contributed by atoms with E-state index in [4.69, 9.17) is 9.47 Å². The normalized spacial score (nSPS) is 11.4. The van der Waals surface area contributed by atoms with Crippen LogP contribution in [0.4, 0.5) is 0 Å². The van der Waals surface area contributed by atoms with Crippen molar-refractivity contribution < 1.29 is 9.47 Å². The molecule has 0 amide bonds. The highest BCUT2D eigenvalue weighted by Gasteiger charge is 1.98. The Morgan fingerprint density at radius 3 is 2.43 bits per heavy atom. The van der Waals surface area contributed by atoms with Gasteiger partial charge in [-0.3, -0.25) is 4.99 Å². The Morgan fingerprint density at radius 1 is 1.00 bits per heavy atom. The highest BCUT2D eigenvalue weighted by molar-refractivity contribution is 14.0. The van der Waals surface area contributed by atoms with E-state index in [2.05, 4.69) is 36.4 Å². The molecule has 2 N–H and O–H groups in total. The van der Waals surface area contributed by atoms with E-state index in [-0.39, 0.29) is 24.0 Å². The number of methoxy groups -OCH3 is 1. The van der Waals surface area contributed by atoms with E-state index in [1.165, 1.54) is 19.3 Å². The summed E-state index contributed by atoms with van der Waals surface area (Å²) < 4.78 is 10.4. The molecule has 0 aliphatic carbocycles. The van der Waals surface area contributed by atoms with Crippen LogP contribution in [0.5, 0.6) is 0 Å². The average Bonchev–Trinajstić information content (AvgIpc) is 2.49. The second kappa shape index (κ2) is 20.0. The van der Waals surface area contributed by atoms with Gasteiger partial charge in [-0.1, -0.05) is 26.7 Å². The lowest BCUT2D eigenvalue weighted by Gasteiger charge is -2.11. The van der Waals surface area contributed by atoms with Crippen molar-refractivity contribution in [2.24, 2.45) is 10.9 Å². The Morgan fingerprint density at radius 2 is 1.78 bits per heavy atom. The predicted octanol–water partition coefficient (Wildman–Crippen LogP) is 3.43. The molecule has 23 heavy (non-hydrogen) atoms. The molecule has 0 heterocycles. The number of hydrogen-bond donors (Lipinski definition) is 2. The van der Waals surface area contributed by atoms with E-state index >= 15 is 0 Å². The van der Waals surface area contributed by atoms with Gasteiger partial charge in [-0.05, 0) is 32.1 Å². The molecule has 0 fully saturated rings. The third-order valence-electron chi connectivity index (χ3n) is 3.24. The largest absolute Gasteiger partial charge is 0.382 e. The molecular weight excluding hydrogens is 405 g/mol. The van der Waals surface area contributed by atoms with E-state index in [9.17, 15) is 0 Å². The molecule has 0 saturated carbocycles. The van der Waals surface area contributed by atoms with Crippen molar-refractivity contribution in [3.8, 4) is 0 Å². The minimum absolute atomic E-state index is 0. The van der Waals surface area contributed by atoms with Crippen LogP contribution in [-0.2, 0) is 9.47 Å². The first-order valence-corrected chi connectivity index (χ1v) is 8.79. The first-order chi connectivity index (χ1) is 10.7. The van der Waals surface area contributed by atoms with Gasteiger partial charge in [0.2, 0.25) is 0 Å². The van der Waals surface area contributed by atoms with Gasteiger partial charge >= 0.3 is 0 Å². The zero-order chi connectivity index (χ0) is 16.5. The molecule has 140 valence electrons. The van der Waals surface area contributed by atoms with Gasteiger partial charge in [-0.25, -0.2) is 0 Å². The Balaban J connectivity index is 0. The van der Waals surface area contributed by atoms with E-state index in [1.807, 2.05) is 0 Å². The van der Waals surface area contributed by atoms with E-state index < -0.39 is 0 Å². The first kappa shape index (κ1) is 25.2. The Kier molecular flexibility index (Phi) is 21.8. The van der Waals surface area contributed by atoms with Crippen LogP contribution in [0.1, 0.15) is 52.9 Å². The molecule has 0 aromatic rings. The third-order valence-corrected chi connectivity index (χ3v) is 3.24. The van der Waals surface area contributed by atoms with Crippen molar-refractivity contribution >= 4 is 29.9 Å². The van der Waals surface area contributed by atoms with Crippen LogP contribution in [0, 0.1) is 5.92 Å². The summed E-state index contributed by atoms with van der Waals surface area (Å²) in [5.74, 6) is 1.73.